The zero-order valence-corrected chi connectivity index (χ0v) is 12.2. The Morgan fingerprint density at radius 1 is 1.53 bits per heavy atom. The molecule has 0 saturated carbocycles. The zero-order valence-electron chi connectivity index (χ0n) is 11.4. The van der Waals surface area contributed by atoms with Gasteiger partial charge in [-0.25, -0.2) is 0 Å². The average Bonchev–Trinajstić information content (AvgIpc) is 2.27. The van der Waals surface area contributed by atoms with E-state index in [0.29, 0.717) is 23.0 Å². The summed E-state index contributed by atoms with van der Waals surface area (Å²) >= 11 is 5.88. The molecule has 0 bridgehead atoms. The van der Waals surface area contributed by atoms with E-state index in [1.54, 1.807) is 12.1 Å². The van der Waals surface area contributed by atoms with Crippen molar-refractivity contribution in [3.8, 4) is 0 Å². The highest BCUT2D eigenvalue weighted by Gasteiger charge is 2.12. The first-order valence-electron chi connectivity index (χ1n) is 6.22. The molecule has 0 spiro atoms. The van der Waals surface area contributed by atoms with Crippen molar-refractivity contribution in [1.82, 2.24) is 5.32 Å². The smallest absolute Gasteiger partial charge is 0.276 e. The van der Waals surface area contributed by atoms with E-state index < -0.39 is 4.92 Å². The fourth-order valence-electron chi connectivity index (χ4n) is 1.68. The standard InChI is InChI=1S/C14H19ClN2O2/c1-10(2)8-16-9-11(3)6-12-7-13(15)4-5-14(12)17(18)19/h4-7,10,16H,8-9H2,1-3H3/b11-6+. The van der Waals surface area contributed by atoms with Gasteiger partial charge < -0.3 is 5.32 Å². The molecule has 1 rings (SSSR count). The molecule has 104 valence electrons. The van der Waals surface area contributed by atoms with Crippen LogP contribution in [0.1, 0.15) is 26.3 Å². The topological polar surface area (TPSA) is 55.2 Å². The Bertz CT molecular complexity index is 484. The van der Waals surface area contributed by atoms with Crippen LogP contribution in [0.5, 0.6) is 0 Å². The minimum absolute atomic E-state index is 0.0765. The third-order valence-electron chi connectivity index (χ3n) is 2.54. The molecule has 4 nitrogen and oxygen atoms in total. The maximum Gasteiger partial charge on any atom is 0.276 e. The van der Waals surface area contributed by atoms with E-state index in [1.165, 1.54) is 12.1 Å². The molecule has 1 aromatic rings. The van der Waals surface area contributed by atoms with Crippen molar-refractivity contribution in [3.05, 3.63) is 44.5 Å². The number of hydrogen-bond acceptors (Lipinski definition) is 3. The molecule has 0 amide bonds. The van der Waals surface area contributed by atoms with Gasteiger partial charge in [0.1, 0.15) is 0 Å². The van der Waals surface area contributed by atoms with Crippen molar-refractivity contribution in [2.24, 2.45) is 5.92 Å². The molecule has 1 aromatic carbocycles. The van der Waals surface area contributed by atoms with Crippen LogP contribution in [0.25, 0.3) is 6.08 Å². The average molecular weight is 283 g/mol. The Kier molecular flexibility index (Phi) is 5.99. The molecule has 5 heteroatoms. The summed E-state index contributed by atoms with van der Waals surface area (Å²) in [6.45, 7) is 7.84. The molecule has 0 aliphatic heterocycles. The summed E-state index contributed by atoms with van der Waals surface area (Å²) in [6, 6.07) is 4.58. The SMILES string of the molecule is C/C(=C\c1cc(Cl)ccc1[N+](=O)[O-])CNCC(C)C. The van der Waals surface area contributed by atoms with Gasteiger partial charge in [-0.2, -0.15) is 0 Å². The van der Waals surface area contributed by atoms with Crippen LogP contribution in [-0.4, -0.2) is 18.0 Å². The van der Waals surface area contributed by atoms with Gasteiger partial charge in [-0.15, -0.1) is 0 Å². The van der Waals surface area contributed by atoms with E-state index in [2.05, 4.69) is 19.2 Å². The summed E-state index contributed by atoms with van der Waals surface area (Å²) in [5.41, 5.74) is 1.65. The second kappa shape index (κ2) is 7.26. The molecule has 19 heavy (non-hydrogen) atoms. The van der Waals surface area contributed by atoms with E-state index >= 15 is 0 Å². The lowest BCUT2D eigenvalue weighted by atomic mass is 10.1. The van der Waals surface area contributed by atoms with Gasteiger partial charge in [-0.3, -0.25) is 10.1 Å². The first-order chi connectivity index (χ1) is 8.90. The highest BCUT2D eigenvalue weighted by molar-refractivity contribution is 6.30. The molecule has 0 aliphatic carbocycles. The second-order valence-corrected chi connectivity index (χ2v) is 5.41. The molecule has 0 saturated heterocycles. The van der Waals surface area contributed by atoms with E-state index in [-0.39, 0.29) is 5.69 Å². The maximum atomic E-state index is 10.9. The molecule has 1 N–H and O–H groups in total. The van der Waals surface area contributed by atoms with Crippen molar-refractivity contribution in [2.45, 2.75) is 20.8 Å². The molecule has 0 unspecified atom stereocenters. The summed E-state index contributed by atoms with van der Waals surface area (Å²) < 4.78 is 0. The fourth-order valence-corrected chi connectivity index (χ4v) is 1.86. The normalized spacial score (nSPS) is 11.9. The number of nitrogens with one attached hydrogen (secondary N) is 1. The number of benzene rings is 1. The molecular formula is C14H19ClN2O2. The third-order valence-corrected chi connectivity index (χ3v) is 2.78. The fraction of sp³-hybridized carbons (Fsp3) is 0.429. The van der Waals surface area contributed by atoms with Crippen LogP contribution in [-0.2, 0) is 0 Å². The van der Waals surface area contributed by atoms with Crippen LogP contribution < -0.4 is 5.32 Å². The van der Waals surface area contributed by atoms with Gasteiger partial charge in [-0.1, -0.05) is 31.0 Å². The van der Waals surface area contributed by atoms with E-state index in [9.17, 15) is 10.1 Å². The highest BCUT2D eigenvalue weighted by Crippen LogP contribution is 2.24. The minimum Gasteiger partial charge on any atom is -0.313 e. The molecule has 0 aliphatic rings. The number of nitro benzene ring substituents is 1. The summed E-state index contributed by atoms with van der Waals surface area (Å²) in [5.74, 6) is 0.577. The number of halogens is 1. The van der Waals surface area contributed by atoms with Crippen molar-refractivity contribution < 1.29 is 4.92 Å². The highest BCUT2D eigenvalue weighted by atomic mass is 35.5. The van der Waals surface area contributed by atoms with Crippen LogP contribution in [0, 0.1) is 16.0 Å². The lowest BCUT2D eigenvalue weighted by Crippen LogP contribution is -2.21. The van der Waals surface area contributed by atoms with Crippen molar-refractivity contribution in [3.63, 3.8) is 0 Å². The Morgan fingerprint density at radius 2 is 2.21 bits per heavy atom. The van der Waals surface area contributed by atoms with E-state index in [4.69, 9.17) is 11.6 Å². The predicted octanol–water partition coefficient (Wildman–Crippen LogP) is 3.90. The molecule has 0 atom stereocenters. The third kappa shape index (κ3) is 5.41. The predicted molar refractivity (Wildman–Crippen MR) is 79.5 cm³/mol. The van der Waals surface area contributed by atoms with Gasteiger partial charge >= 0.3 is 0 Å². The molecule has 0 heterocycles. The molecular weight excluding hydrogens is 264 g/mol. The molecule has 0 radical (unpaired) electrons. The van der Waals surface area contributed by atoms with Crippen LogP contribution in [0.3, 0.4) is 0 Å². The first-order valence-corrected chi connectivity index (χ1v) is 6.59. The van der Waals surface area contributed by atoms with Crippen molar-refractivity contribution in [2.75, 3.05) is 13.1 Å². The number of hydrogen-bond donors (Lipinski definition) is 1. The van der Waals surface area contributed by atoms with Crippen LogP contribution in [0.4, 0.5) is 5.69 Å². The summed E-state index contributed by atoms with van der Waals surface area (Å²) in [4.78, 5) is 10.5. The van der Waals surface area contributed by atoms with Crippen molar-refractivity contribution >= 4 is 23.4 Å². The van der Waals surface area contributed by atoms with Gasteiger partial charge in [0, 0.05) is 17.6 Å². The van der Waals surface area contributed by atoms with Crippen LogP contribution in [0.2, 0.25) is 5.02 Å². The Morgan fingerprint density at radius 3 is 2.79 bits per heavy atom. The minimum atomic E-state index is -0.392. The Balaban J connectivity index is 2.84. The largest absolute Gasteiger partial charge is 0.313 e. The van der Waals surface area contributed by atoms with E-state index in [0.717, 1.165) is 12.1 Å². The monoisotopic (exact) mass is 282 g/mol. The summed E-state index contributed by atoms with van der Waals surface area (Å²) in [5, 5.41) is 14.7. The summed E-state index contributed by atoms with van der Waals surface area (Å²) in [6.07, 6.45) is 1.80. The van der Waals surface area contributed by atoms with Crippen LogP contribution in [0.15, 0.2) is 23.8 Å². The Labute approximate surface area is 118 Å². The first kappa shape index (κ1) is 15.7. The lowest BCUT2D eigenvalue weighted by Gasteiger charge is -2.07. The number of nitro groups is 1. The maximum absolute atomic E-state index is 10.9. The zero-order chi connectivity index (χ0) is 14.4. The number of nitrogens with zero attached hydrogens (tertiary/aromatic N) is 1. The van der Waals surface area contributed by atoms with Crippen molar-refractivity contribution in [1.29, 1.82) is 0 Å². The molecule has 0 aromatic heterocycles. The van der Waals surface area contributed by atoms with Gasteiger partial charge in [0.05, 0.1) is 10.5 Å². The summed E-state index contributed by atoms with van der Waals surface area (Å²) in [7, 11) is 0. The van der Waals surface area contributed by atoms with Gasteiger partial charge in [0.25, 0.3) is 5.69 Å². The van der Waals surface area contributed by atoms with E-state index in [1.807, 2.05) is 6.92 Å². The second-order valence-electron chi connectivity index (χ2n) is 4.98. The van der Waals surface area contributed by atoms with Gasteiger partial charge in [0.2, 0.25) is 0 Å². The lowest BCUT2D eigenvalue weighted by molar-refractivity contribution is -0.385. The Hall–Kier alpha value is -1.39. The molecule has 0 fully saturated rings. The number of rotatable bonds is 6. The van der Waals surface area contributed by atoms with Crippen LogP contribution >= 0.6 is 11.6 Å². The van der Waals surface area contributed by atoms with Gasteiger partial charge in [-0.05, 0) is 37.6 Å². The quantitative estimate of drug-likeness (QED) is 0.636. The van der Waals surface area contributed by atoms with Gasteiger partial charge in [0.15, 0.2) is 0 Å².